The maximum atomic E-state index is 2.26. The van der Waals surface area contributed by atoms with Crippen molar-refractivity contribution in [2.45, 2.75) is 32.6 Å². The molecule has 0 saturated carbocycles. The lowest BCUT2D eigenvalue weighted by Crippen LogP contribution is -2.08. The van der Waals surface area contributed by atoms with Gasteiger partial charge >= 0.3 is 0 Å². The van der Waals surface area contributed by atoms with Crippen LogP contribution in [0, 0.1) is 0 Å². The molecule has 1 aromatic carbocycles. The third kappa shape index (κ3) is 2.50. The highest BCUT2D eigenvalue weighted by molar-refractivity contribution is 5.46. The van der Waals surface area contributed by atoms with E-state index in [1.54, 1.807) is 0 Å². The van der Waals surface area contributed by atoms with Gasteiger partial charge in [0.05, 0.1) is 0 Å². The molecule has 78 valence electrons. The van der Waals surface area contributed by atoms with Crippen molar-refractivity contribution in [1.82, 2.24) is 0 Å². The Morgan fingerprint density at radius 3 is 1.86 bits per heavy atom. The molecule has 0 saturated heterocycles. The Kier molecular flexibility index (Phi) is 3.99. The van der Waals surface area contributed by atoms with Crippen molar-refractivity contribution in [2.24, 2.45) is 0 Å². The first-order chi connectivity index (χ1) is 6.69. The lowest BCUT2D eigenvalue weighted by atomic mass is 9.94. The summed E-state index contributed by atoms with van der Waals surface area (Å²) in [6.45, 7) is 4.52. The van der Waals surface area contributed by atoms with Gasteiger partial charge in [0.1, 0.15) is 0 Å². The van der Waals surface area contributed by atoms with Crippen LogP contribution in [-0.4, -0.2) is 14.1 Å². The summed E-state index contributed by atoms with van der Waals surface area (Å²) in [5.41, 5.74) is 2.75. The van der Waals surface area contributed by atoms with Gasteiger partial charge in [0.2, 0.25) is 0 Å². The molecular formula is C13H21N. The highest BCUT2D eigenvalue weighted by Gasteiger charge is 2.06. The molecule has 0 aliphatic heterocycles. The van der Waals surface area contributed by atoms with Crippen molar-refractivity contribution in [3.05, 3.63) is 29.8 Å². The second kappa shape index (κ2) is 5.04. The second-order valence-electron chi connectivity index (χ2n) is 4.00. The molecule has 0 radical (unpaired) electrons. The molecular weight excluding hydrogens is 170 g/mol. The molecule has 0 spiro atoms. The first kappa shape index (κ1) is 11.1. The van der Waals surface area contributed by atoms with E-state index in [0.717, 1.165) is 5.92 Å². The Morgan fingerprint density at radius 2 is 1.50 bits per heavy atom. The number of hydrogen-bond donors (Lipinski definition) is 0. The van der Waals surface area contributed by atoms with Gasteiger partial charge in [-0.05, 0) is 36.5 Å². The molecule has 0 aliphatic carbocycles. The van der Waals surface area contributed by atoms with E-state index in [2.05, 4.69) is 57.1 Å². The van der Waals surface area contributed by atoms with Crippen LogP contribution < -0.4 is 4.90 Å². The molecule has 0 aliphatic rings. The van der Waals surface area contributed by atoms with Gasteiger partial charge in [0, 0.05) is 19.8 Å². The summed E-state index contributed by atoms with van der Waals surface area (Å²) in [4.78, 5) is 2.14. The van der Waals surface area contributed by atoms with E-state index in [4.69, 9.17) is 0 Å². The summed E-state index contributed by atoms with van der Waals surface area (Å²) < 4.78 is 0. The average Bonchev–Trinajstić information content (AvgIpc) is 2.20. The number of anilines is 1. The number of benzene rings is 1. The molecule has 0 amide bonds. The smallest absolute Gasteiger partial charge is 0.0361 e. The van der Waals surface area contributed by atoms with E-state index in [1.165, 1.54) is 24.1 Å². The predicted octanol–water partition coefficient (Wildman–Crippen LogP) is 3.66. The number of hydrogen-bond acceptors (Lipinski definition) is 1. The molecule has 1 rings (SSSR count). The van der Waals surface area contributed by atoms with E-state index in [1.807, 2.05) is 0 Å². The van der Waals surface area contributed by atoms with Gasteiger partial charge in [0.15, 0.2) is 0 Å². The summed E-state index contributed by atoms with van der Waals surface area (Å²) >= 11 is 0. The van der Waals surface area contributed by atoms with Crippen molar-refractivity contribution in [3.8, 4) is 0 Å². The van der Waals surface area contributed by atoms with Crippen molar-refractivity contribution < 1.29 is 0 Å². The molecule has 0 bridgehead atoms. The van der Waals surface area contributed by atoms with Crippen molar-refractivity contribution in [1.29, 1.82) is 0 Å². The molecule has 0 heterocycles. The largest absolute Gasteiger partial charge is 0.378 e. The third-order valence-electron chi connectivity index (χ3n) is 2.87. The summed E-state index contributed by atoms with van der Waals surface area (Å²) in [6, 6.07) is 8.92. The minimum atomic E-state index is 0.728. The summed E-state index contributed by atoms with van der Waals surface area (Å²) in [5, 5.41) is 0. The van der Waals surface area contributed by atoms with Crippen molar-refractivity contribution in [3.63, 3.8) is 0 Å². The monoisotopic (exact) mass is 191 g/mol. The van der Waals surface area contributed by atoms with Crippen LogP contribution in [-0.2, 0) is 0 Å². The van der Waals surface area contributed by atoms with Gasteiger partial charge in [-0.3, -0.25) is 0 Å². The highest BCUT2D eigenvalue weighted by Crippen LogP contribution is 2.24. The fourth-order valence-electron chi connectivity index (χ4n) is 1.80. The maximum Gasteiger partial charge on any atom is 0.0361 e. The van der Waals surface area contributed by atoms with Crippen LogP contribution in [0.4, 0.5) is 5.69 Å². The summed E-state index contributed by atoms with van der Waals surface area (Å²) in [7, 11) is 4.15. The molecule has 0 aromatic heterocycles. The Hall–Kier alpha value is -0.980. The molecule has 1 nitrogen and oxygen atoms in total. The van der Waals surface area contributed by atoms with Crippen LogP contribution in [0.2, 0.25) is 0 Å². The van der Waals surface area contributed by atoms with Crippen molar-refractivity contribution >= 4 is 5.69 Å². The zero-order valence-electron chi connectivity index (χ0n) is 9.75. The Bertz CT molecular complexity index is 257. The molecule has 0 atom stereocenters. The standard InChI is InChI=1S/C13H21N/c1-5-11(6-2)12-7-9-13(10-8-12)14(3)4/h7-11H,5-6H2,1-4H3. The lowest BCUT2D eigenvalue weighted by molar-refractivity contribution is 0.642. The fourth-order valence-corrected chi connectivity index (χ4v) is 1.80. The minimum absolute atomic E-state index is 0.728. The molecule has 0 N–H and O–H groups in total. The van der Waals surface area contributed by atoms with Crippen LogP contribution in [0.3, 0.4) is 0 Å². The average molecular weight is 191 g/mol. The van der Waals surface area contributed by atoms with E-state index >= 15 is 0 Å². The van der Waals surface area contributed by atoms with Crippen molar-refractivity contribution in [2.75, 3.05) is 19.0 Å². The predicted molar refractivity (Wildman–Crippen MR) is 64.1 cm³/mol. The molecule has 1 heteroatoms. The zero-order valence-corrected chi connectivity index (χ0v) is 9.75. The minimum Gasteiger partial charge on any atom is -0.378 e. The van der Waals surface area contributed by atoms with Gasteiger partial charge in [-0.25, -0.2) is 0 Å². The fraction of sp³-hybridized carbons (Fsp3) is 0.538. The molecule has 1 aromatic rings. The van der Waals surface area contributed by atoms with Gasteiger partial charge in [-0.15, -0.1) is 0 Å². The van der Waals surface area contributed by atoms with Crippen LogP contribution in [0.5, 0.6) is 0 Å². The Balaban J connectivity index is 2.81. The number of nitrogens with zero attached hydrogens (tertiary/aromatic N) is 1. The lowest BCUT2D eigenvalue weighted by Gasteiger charge is -2.16. The summed E-state index contributed by atoms with van der Waals surface area (Å²) in [5.74, 6) is 0.728. The van der Waals surface area contributed by atoms with Gasteiger partial charge < -0.3 is 4.90 Å². The van der Waals surface area contributed by atoms with Gasteiger partial charge in [-0.2, -0.15) is 0 Å². The number of rotatable bonds is 4. The second-order valence-corrected chi connectivity index (χ2v) is 4.00. The zero-order chi connectivity index (χ0) is 10.6. The van der Waals surface area contributed by atoms with E-state index < -0.39 is 0 Å². The van der Waals surface area contributed by atoms with Gasteiger partial charge in [-0.1, -0.05) is 26.0 Å². The first-order valence-electron chi connectivity index (χ1n) is 5.46. The summed E-state index contributed by atoms with van der Waals surface area (Å²) in [6.07, 6.45) is 2.47. The normalized spacial score (nSPS) is 10.6. The Labute approximate surface area is 87.7 Å². The third-order valence-corrected chi connectivity index (χ3v) is 2.87. The Morgan fingerprint density at radius 1 is 1.00 bits per heavy atom. The molecule has 0 fully saturated rings. The van der Waals surface area contributed by atoms with E-state index in [0.29, 0.717) is 0 Å². The quantitative estimate of drug-likeness (QED) is 0.702. The van der Waals surface area contributed by atoms with Crippen LogP contribution in [0.15, 0.2) is 24.3 Å². The maximum absolute atomic E-state index is 2.26. The van der Waals surface area contributed by atoms with Crippen LogP contribution in [0.25, 0.3) is 0 Å². The van der Waals surface area contributed by atoms with E-state index in [9.17, 15) is 0 Å². The first-order valence-corrected chi connectivity index (χ1v) is 5.46. The highest BCUT2D eigenvalue weighted by atomic mass is 15.1. The SMILES string of the molecule is CCC(CC)c1ccc(N(C)C)cc1. The van der Waals surface area contributed by atoms with E-state index in [-0.39, 0.29) is 0 Å². The van der Waals surface area contributed by atoms with Gasteiger partial charge in [0.25, 0.3) is 0 Å². The van der Waals surface area contributed by atoms with Crippen LogP contribution in [0.1, 0.15) is 38.2 Å². The topological polar surface area (TPSA) is 3.24 Å². The van der Waals surface area contributed by atoms with Crippen LogP contribution >= 0.6 is 0 Å². The molecule has 0 unspecified atom stereocenters. The molecule has 14 heavy (non-hydrogen) atoms.